The van der Waals surface area contributed by atoms with Crippen molar-refractivity contribution < 1.29 is 33.7 Å². The van der Waals surface area contributed by atoms with E-state index < -0.39 is 5.97 Å². The predicted molar refractivity (Wildman–Crippen MR) is 157 cm³/mol. The Morgan fingerprint density at radius 3 is 2.34 bits per heavy atom. The molecule has 0 radical (unpaired) electrons. The number of aliphatic hydroxyl groups is 2. The number of nitrogens with one attached hydrogen (secondary N) is 1. The van der Waals surface area contributed by atoms with Gasteiger partial charge in [0.2, 0.25) is 5.91 Å². The molecule has 0 fully saturated rings. The molecule has 41 heavy (non-hydrogen) atoms. The van der Waals surface area contributed by atoms with Crippen LogP contribution in [0.25, 0.3) is 22.3 Å². The molecule has 3 N–H and O–H groups in total. The van der Waals surface area contributed by atoms with Crippen molar-refractivity contribution in [2.24, 2.45) is 0 Å². The van der Waals surface area contributed by atoms with E-state index in [9.17, 15) is 14.7 Å². The molecule has 1 heterocycles. The summed E-state index contributed by atoms with van der Waals surface area (Å²) in [5.41, 5.74) is 3.29. The van der Waals surface area contributed by atoms with Crippen LogP contribution in [0.5, 0.6) is 5.75 Å². The molecule has 1 amide bonds. The Labute approximate surface area is 239 Å². The van der Waals surface area contributed by atoms with Gasteiger partial charge in [-0.1, -0.05) is 60.7 Å². The first-order chi connectivity index (χ1) is 20.0. The molecule has 0 aliphatic rings. The fourth-order valence-electron chi connectivity index (χ4n) is 4.76. The van der Waals surface area contributed by atoms with Gasteiger partial charge in [-0.2, -0.15) is 0 Å². The molecule has 0 aliphatic carbocycles. The number of aliphatic hydroxyl groups excluding tert-OH is 2. The second kappa shape index (κ2) is 15.0. The number of fused-ring (bicyclic) bond motifs is 1. The van der Waals surface area contributed by atoms with Crippen LogP contribution in [-0.4, -0.2) is 55.1 Å². The van der Waals surface area contributed by atoms with Crippen molar-refractivity contribution in [3.63, 3.8) is 0 Å². The third-order valence-electron chi connectivity index (χ3n) is 6.86. The lowest BCUT2D eigenvalue weighted by molar-refractivity contribution is -0.122. The van der Waals surface area contributed by atoms with Crippen molar-refractivity contribution in [2.45, 2.75) is 44.6 Å². The second-order valence-corrected chi connectivity index (χ2v) is 9.90. The van der Waals surface area contributed by atoms with Gasteiger partial charge in [-0.15, -0.1) is 0 Å². The van der Waals surface area contributed by atoms with E-state index in [1.54, 1.807) is 0 Å². The molecule has 8 heteroatoms. The third kappa shape index (κ3) is 7.96. The average molecular weight is 560 g/mol. The maximum Gasteiger partial charge on any atom is 0.342 e. The van der Waals surface area contributed by atoms with E-state index in [1.165, 1.54) is 7.11 Å². The SMILES string of the molecule is COc1cc(CCC(=O)N[C@H](CO)Cc2ccccc2)cc2c(C(=O)OCCCCCO)c(-c3ccccc3)oc12. The number of ether oxygens (including phenoxy) is 2. The summed E-state index contributed by atoms with van der Waals surface area (Å²) < 4.78 is 17.5. The van der Waals surface area contributed by atoms with Crippen LogP contribution in [0, 0.1) is 0 Å². The first kappa shape index (κ1) is 29.8. The summed E-state index contributed by atoms with van der Waals surface area (Å²) in [6.45, 7) is 0.168. The molecule has 8 nitrogen and oxygen atoms in total. The number of unbranched alkanes of at least 4 members (excludes halogenated alkanes) is 2. The summed E-state index contributed by atoms with van der Waals surface area (Å²) >= 11 is 0. The van der Waals surface area contributed by atoms with E-state index in [4.69, 9.17) is 19.0 Å². The standard InChI is InChI=1S/C33H37NO7/c1-39-28-21-24(15-16-29(37)34-26(22-36)19-23-11-5-2-6-12-23)20-27-30(33(38)40-18-10-4-9-17-35)31(41-32(27)28)25-13-7-3-8-14-25/h2-3,5-8,11-14,20-21,26,35-36H,4,9-10,15-19,22H2,1H3,(H,34,37)/t26-/m0/s1. The van der Waals surface area contributed by atoms with E-state index in [1.807, 2.05) is 72.8 Å². The van der Waals surface area contributed by atoms with Gasteiger partial charge in [-0.05, 0) is 55.4 Å². The van der Waals surface area contributed by atoms with Crippen LogP contribution in [0.3, 0.4) is 0 Å². The fraction of sp³-hybridized carbons (Fsp3) is 0.333. The van der Waals surface area contributed by atoms with Gasteiger partial charge in [0.1, 0.15) is 11.3 Å². The Balaban J connectivity index is 1.56. The molecule has 1 atom stereocenters. The van der Waals surface area contributed by atoms with Gasteiger partial charge in [0.25, 0.3) is 0 Å². The molecule has 216 valence electrons. The average Bonchev–Trinajstić information content (AvgIpc) is 3.39. The minimum Gasteiger partial charge on any atom is -0.493 e. The summed E-state index contributed by atoms with van der Waals surface area (Å²) in [5.74, 6) is 0.157. The minimum atomic E-state index is -0.504. The first-order valence-corrected chi connectivity index (χ1v) is 13.9. The van der Waals surface area contributed by atoms with E-state index in [0.717, 1.165) is 23.1 Å². The van der Waals surface area contributed by atoms with Gasteiger partial charge in [0.15, 0.2) is 11.3 Å². The highest BCUT2D eigenvalue weighted by Gasteiger charge is 2.26. The Bertz CT molecular complexity index is 1420. The van der Waals surface area contributed by atoms with Crippen molar-refractivity contribution in [1.29, 1.82) is 0 Å². The van der Waals surface area contributed by atoms with Crippen molar-refractivity contribution in [1.82, 2.24) is 5.32 Å². The number of rotatable bonds is 15. The molecule has 0 aliphatic heterocycles. The highest BCUT2D eigenvalue weighted by molar-refractivity contribution is 6.10. The van der Waals surface area contributed by atoms with Gasteiger partial charge in [0.05, 0.1) is 26.4 Å². The van der Waals surface area contributed by atoms with Crippen LogP contribution in [0.4, 0.5) is 0 Å². The maximum absolute atomic E-state index is 13.4. The van der Waals surface area contributed by atoms with Crippen molar-refractivity contribution in [3.8, 4) is 17.1 Å². The van der Waals surface area contributed by atoms with Gasteiger partial charge in [-0.25, -0.2) is 4.79 Å². The Morgan fingerprint density at radius 1 is 0.927 bits per heavy atom. The summed E-state index contributed by atoms with van der Waals surface area (Å²) in [5, 5.41) is 22.3. The Hall–Kier alpha value is -4.14. The monoisotopic (exact) mass is 559 g/mol. The normalized spacial score (nSPS) is 11.8. The van der Waals surface area contributed by atoms with E-state index in [2.05, 4.69) is 5.32 Å². The number of esters is 1. The molecule has 4 aromatic rings. The molecule has 3 aromatic carbocycles. The smallest absolute Gasteiger partial charge is 0.342 e. The first-order valence-electron chi connectivity index (χ1n) is 13.9. The highest BCUT2D eigenvalue weighted by atomic mass is 16.5. The van der Waals surface area contributed by atoms with Gasteiger partial charge >= 0.3 is 5.97 Å². The van der Waals surface area contributed by atoms with Crippen LogP contribution in [0.1, 0.15) is 47.2 Å². The summed E-state index contributed by atoms with van der Waals surface area (Å²) in [6, 6.07) is 22.3. The fourth-order valence-corrected chi connectivity index (χ4v) is 4.76. The molecule has 0 saturated carbocycles. The molecule has 0 saturated heterocycles. The molecular weight excluding hydrogens is 522 g/mol. The number of methoxy groups -OCH3 is 1. The number of benzene rings is 3. The van der Waals surface area contributed by atoms with Gasteiger partial charge in [0, 0.05) is 24.0 Å². The number of aryl methyl sites for hydroxylation is 1. The van der Waals surface area contributed by atoms with Crippen LogP contribution in [0.2, 0.25) is 0 Å². The van der Waals surface area contributed by atoms with Gasteiger partial charge < -0.3 is 29.4 Å². The lowest BCUT2D eigenvalue weighted by Crippen LogP contribution is -2.39. The molecule has 0 unspecified atom stereocenters. The molecule has 1 aromatic heterocycles. The molecule has 0 spiro atoms. The molecular formula is C33H37NO7. The van der Waals surface area contributed by atoms with Crippen LogP contribution < -0.4 is 10.1 Å². The van der Waals surface area contributed by atoms with E-state index in [-0.39, 0.29) is 38.2 Å². The van der Waals surface area contributed by atoms with Crippen LogP contribution in [0.15, 0.2) is 77.2 Å². The number of furan rings is 1. The third-order valence-corrected chi connectivity index (χ3v) is 6.86. The quantitative estimate of drug-likeness (QED) is 0.137. The van der Waals surface area contributed by atoms with Crippen LogP contribution in [-0.2, 0) is 22.4 Å². The number of hydrogen-bond donors (Lipinski definition) is 3. The topological polar surface area (TPSA) is 118 Å². The molecule has 0 bridgehead atoms. The Morgan fingerprint density at radius 2 is 1.66 bits per heavy atom. The lowest BCUT2D eigenvalue weighted by Gasteiger charge is -2.16. The zero-order chi connectivity index (χ0) is 29.0. The minimum absolute atomic E-state index is 0.104. The van der Waals surface area contributed by atoms with Gasteiger partial charge in [-0.3, -0.25) is 4.79 Å². The van der Waals surface area contributed by atoms with Crippen LogP contribution >= 0.6 is 0 Å². The predicted octanol–water partition coefficient (Wildman–Crippen LogP) is 5.08. The van der Waals surface area contributed by atoms with Crippen molar-refractivity contribution >= 4 is 22.8 Å². The lowest BCUT2D eigenvalue weighted by atomic mass is 10.0. The maximum atomic E-state index is 13.4. The number of carbonyl (C=O) groups is 2. The number of amides is 1. The van der Waals surface area contributed by atoms with E-state index >= 15 is 0 Å². The highest BCUT2D eigenvalue weighted by Crippen LogP contribution is 2.39. The zero-order valence-electron chi connectivity index (χ0n) is 23.3. The van der Waals surface area contributed by atoms with Crippen molar-refractivity contribution in [3.05, 3.63) is 89.5 Å². The zero-order valence-corrected chi connectivity index (χ0v) is 23.3. The summed E-state index contributed by atoms with van der Waals surface area (Å²) in [4.78, 5) is 26.2. The number of carbonyl (C=O) groups excluding carboxylic acids is 2. The largest absolute Gasteiger partial charge is 0.493 e. The second-order valence-electron chi connectivity index (χ2n) is 9.90. The number of hydrogen-bond acceptors (Lipinski definition) is 7. The van der Waals surface area contributed by atoms with E-state index in [0.29, 0.717) is 53.7 Å². The molecule has 4 rings (SSSR count). The Kier molecular flexibility index (Phi) is 10.9. The van der Waals surface area contributed by atoms with Crippen molar-refractivity contribution in [2.75, 3.05) is 26.9 Å². The summed E-state index contributed by atoms with van der Waals surface area (Å²) in [7, 11) is 1.53. The summed E-state index contributed by atoms with van der Waals surface area (Å²) in [6.07, 6.45) is 3.17.